The van der Waals surface area contributed by atoms with Gasteiger partial charge in [-0.15, -0.1) is 11.3 Å². The molecule has 2 aromatic heterocycles. The molecule has 6 rings (SSSR count). The van der Waals surface area contributed by atoms with Gasteiger partial charge < -0.3 is 4.98 Å². The van der Waals surface area contributed by atoms with Gasteiger partial charge in [0.15, 0.2) is 0 Å². The number of aromatic nitrogens is 1. The Morgan fingerprint density at radius 2 is 1.56 bits per heavy atom. The van der Waals surface area contributed by atoms with Crippen LogP contribution in [0.2, 0.25) is 0 Å². The molecule has 2 heterocycles. The van der Waals surface area contributed by atoms with E-state index >= 15 is 0 Å². The van der Waals surface area contributed by atoms with Crippen molar-refractivity contribution in [1.82, 2.24) is 4.98 Å². The zero-order valence-electron chi connectivity index (χ0n) is 14.2. The van der Waals surface area contributed by atoms with E-state index in [1.54, 1.807) is 0 Å². The fraction of sp³-hybridized carbons (Fsp3) is 0.130. The van der Waals surface area contributed by atoms with E-state index in [0.29, 0.717) is 0 Å². The predicted octanol–water partition coefficient (Wildman–Crippen LogP) is 6.84. The van der Waals surface area contributed by atoms with Crippen molar-refractivity contribution in [3.63, 3.8) is 0 Å². The molecular formula is C23H17NS. The Morgan fingerprint density at radius 3 is 2.48 bits per heavy atom. The third kappa shape index (κ3) is 1.54. The number of rotatable bonds is 0. The maximum atomic E-state index is 3.67. The van der Waals surface area contributed by atoms with Crippen molar-refractivity contribution >= 4 is 43.2 Å². The van der Waals surface area contributed by atoms with Crippen molar-refractivity contribution in [1.29, 1.82) is 0 Å². The molecule has 0 saturated heterocycles. The molecule has 0 aliphatic heterocycles. The zero-order chi connectivity index (χ0) is 16.8. The molecule has 1 N–H and O–H groups in total. The van der Waals surface area contributed by atoms with Gasteiger partial charge in [0.1, 0.15) is 0 Å². The maximum Gasteiger partial charge on any atom is 0.0646 e. The van der Waals surface area contributed by atoms with Crippen LogP contribution in [0.15, 0.2) is 60.7 Å². The third-order valence-corrected chi connectivity index (χ3v) is 7.06. The van der Waals surface area contributed by atoms with Crippen LogP contribution >= 0.6 is 11.3 Å². The Kier molecular flexibility index (Phi) is 2.37. The largest absolute Gasteiger partial charge is 0.353 e. The molecule has 0 fully saturated rings. The van der Waals surface area contributed by atoms with Crippen molar-refractivity contribution in [2.75, 3.05) is 0 Å². The van der Waals surface area contributed by atoms with Crippen LogP contribution < -0.4 is 0 Å². The molecule has 0 spiro atoms. The Bertz CT molecular complexity index is 1320. The molecule has 0 atom stereocenters. The highest BCUT2D eigenvalue weighted by atomic mass is 32.1. The van der Waals surface area contributed by atoms with Gasteiger partial charge in [-0.1, -0.05) is 68.4 Å². The van der Waals surface area contributed by atoms with Crippen LogP contribution in [0, 0.1) is 0 Å². The van der Waals surface area contributed by atoms with Gasteiger partial charge in [0, 0.05) is 26.6 Å². The Balaban J connectivity index is 1.81. The lowest BCUT2D eigenvalue weighted by molar-refractivity contribution is 0.667. The Hall–Kier alpha value is -2.58. The normalized spacial score (nSPS) is 15.1. The lowest BCUT2D eigenvalue weighted by atomic mass is 9.81. The highest BCUT2D eigenvalue weighted by Crippen LogP contribution is 2.56. The average Bonchev–Trinajstić information content (AvgIpc) is 3.25. The molecular weight excluding hydrogens is 322 g/mol. The van der Waals surface area contributed by atoms with E-state index in [1.165, 1.54) is 53.5 Å². The molecule has 0 bridgehead atoms. The first-order valence-corrected chi connectivity index (χ1v) is 9.54. The van der Waals surface area contributed by atoms with Gasteiger partial charge in [-0.05, 0) is 28.1 Å². The second-order valence-electron chi connectivity index (χ2n) is 7.51. The SMILES string of the molecule is CC1(C)c2ccccc2-c2sc3c(ccc4c5ccccc5[nH]c43)c21. The van der Waals surface area contributed by atoms with Gasteiger partial charge in [-0.25, -0.2) is 0 Å². The quantitative estimate of drug-likeness (QED) is 0.318. The number of hydrogen-bond donors (Lipinski definition) is 1. The molecule has 0 saturated carbocycles. The lowest BCUT2D eigenvalue weighted by Crippen LogP contribution is -2.14. The summed E-state index contributed by atoms with van der Waals surface area (Å²) in [6, 6.07) is 22.1. The van der Waals surface area contributed by atoms with E-state index in [4.69, 9.17) is 0 Å². The molecule has 25 heavy (non-hydrogen) atoms. The first-order chi connectivity index (χ1) is 12.2. The van der Waals surface area contributed by atoms with Gasteiger partial charge in [-0.3, -0.25) is 0 Å². The zero-order valence-corrected chi connectivity index (χ0v) is 15.0. The summed E-state index contributed by atoms with van der Waals surface area (Å²) in [6.07, 6.45) is 0. The minimum atomic E-state index is 0.0594. The summed E-state index contributed by atoms with van der Waals surface area (Å²) in [4.78, 5) is 5.12. The number of thiophene rings is 1. The number of nitrogens with one attached hydrogen (secondary N) is 1. The van der Waals surface area contributed by atoms with Crippen LogP contribution in [0.5, 0.6) is 0 Å². The maximum absolute atomic E-state index is 3.67. The van der Waals surface area contributed by atoms with Crippen LogP contribution in [0.1, 0.15) is 25.0 Å². The first kappa shape index (κ1) is 13.7. The number of fused-ring (bicyclic) bond motifs is 9. The highest BCUT2D eigenvalue weighted by molar-refractivity contribution is 7.23. The highest BCUT2D eigenvalue weighted by Gasteiger charge is 2.38. The standard InChI is InChI=1S/C23H17NS/c1-23(2)17-9-5-3-8-15(17)21-19(23)16-12-11-14-13-7-4-6-10-18(13)24-20(14)22(16)25-21/h3-12,24H,1-2H3. The molecule has 0 radical (unpaired) electrons. The molecule has 1 aliphatic rings. The third-order valence-electron chi connectivity index (χ3n) is 5.81. The van der Waals surface area contributed by atoms with Crippen molar-refractivity contribution in [3.05, 3.63) is 71.8 Å². The Labute approximate surface area is 149 Å². The summed E-state index contributed by atoms with van der Waals surface area (Å²) in [5.41, 5.74) is 6.92. The van der Waals surface area contributed by atoms with E-state index < -0.39 is 0 Å². The lowest BCUT2D eigenvalue weighted by Gasteiger charge is -2.21. The van der Waals surface area contributed by atoms with Crippen molar-refractivity contribution in [2.24, 2.45) is 0 Å². The second kappa shape index (κ2) is 4.33. The van der Waals surface area contributed by atoms with E-state index in [-0.39, 0.29) is 5.41 Å². The molecule has 3 aromatic carbocycles. The minimum Gasteiger partial charge on any atom is -0.353 e. The number of hydrogen-bond acceptors (Lipinski definition) is 1. The number of para-hydroxylation sites is 1. The van der Waals surface area contributed by atoms with E-state index in [9.17, 15) is 0 Å². The summed E-state index contributed by atoms with van der Waals surface area (Å²) in [5.74, 6) is 0. The van der Waals surface area contributed by atoms with E-state index in [0.717, 1.165) is 0 Å². The number of aromatic amines is 1. The average molecular weight is 339 g/mol. The fourth-order valence-electron chi connectivity index (χ4n) is 4.64. The molecule has 0 unspecified atom stereocenters. The van der Waals surface area contributed by atoms with Gasteiger partial charge in [-0.2, -0.15) is 0 Å². The summed E-state index contributed by atoms with van der Waals surface area (Å²) < 4.78 is 1.39. The van der Waals surface area contributed by atoms with Gasteiger partial charge in [0.25, 0.3) is 0 Å². The second-order valence-corrected chi connectivity index (χ2v) is 8.53. The molecule has 1 aliphatic carbocycles. The topological polar surface area (TPSA) is 15.8 Å². The summed E-state index contributed by atoms with van der Waals surface area (Å²) in [5, 5.41) is 4.04. The number of benzene rings is 3. The first-order valence-electron chi connectivity index (χ1n) is 8.72. The van der Waals surface area contributed by atoms with Crippen molar-refractivity contribution in [2.45, 2.75) is 19.3 Å². The summed E-state index contributed by atoms with van der Waals surface area (Å²) in [6.45, 7) is 4.72. The molecule has 1 nitrogen and oxygen atoms in total. The van der Waals surface area contributed by atoms with Gasteiger partial charge in [0.2, 0.25) is 0 Å². The molecule has 5 aromatic rings. The van der Waals surface area contributed by atoms with Crippen molar-refractivity contribution < 1.29 is 0 Å². The smallest absolute Gasteiger partial charge is 0.0646 e. The Morgan fingerprint density at radius 1 is 0.800 bits per heavy atom. The predicted molar refractivity (Wildman–Crippen MR) is 109 cm³/mol. The van der Waals surface area contributed by atoms with Crippen LogP contribution in [-0.4, -0.2) is 4.98 Å². The van der Waals surface area contributed by atoms with Gasteiger partial charge in [0.05, 0.1) is 10.2 Å². The van der Waals surface area contributed by atoms with Crippen molar-refractivity contribution in [3.8, 4) is 10.4 Å². The van der Waals surface area contributed by atoms with E-state index in [1.807, 2.05) is 11.3 Å². The monoisotopic (exact) mass is 339 g/mol. The van der Waals surface area contributed by atoms with Crippen LogP contribution in [-0.2, 0) is 5.41 Å². The van der Waals surface area contributed by atoms with E-state index in [2.05, 4.69) is 79.5 Å². The fourth-order valence-corrected chi connectivity index (χ4v) is 6.14. The molecule has 120 valence electrons. The van der Waals surface area contributed by atoms with Gasteiger partial charge >= 0.3 is 0 Å². The van der Waals surface area contributed by atoms with Crippen LogP contribution in [0.25, 0.3) is 42.3 Å². The van der Waals surface area contributed by atoms with Crippen LogP contribution in [0.3, 0.4) is 0 Å². The summed E-state index contributed by atoms with van der Waals surface area (Å²) >= 11 is 1.94. The molecule has 2 heteroatoms. The number of H-pyrrole nitrogens is 1. The van der Waals surface area contributed by atoms with Crippen LogP contribution in [0.4, 0.5) is 0 Å². The minimum absolute atomic E-state index is 0.0594. The summed E-state index contributed by atoms with van der Waals surface area (Å²) in [7, 11) is 0. The molecule has 0 amide bonds.